The van der Waals surface area contributed by atoms with E-state index in [9.17, 15) is 9.59 Å². The molecule has 0 radical (unpaired) electrons. The molecule has 2 fully saturated rings. The van der Waals surface area contributed by atoms with Crippen LogP contribution in [-0.2, 0) is 16.1 Å². The van der Waals surface area contributed by atoms with Crippen molar-refractivity contribution in [3.05, 3.63) is 35.9 Å². The molecule has 2 aromatic rings. The third kappa shape index (κ3) is 3.96. The van der Waals surface area contributed by atoms with Gasteiger partial charge in [-0.2, -0.15) is 0 Å². The van der Waals surface area contributed by atoms with Crippen LogP contribution in [0.15, 0.2) is 30.3 Å². The Bertz CT molecular complexity index is 883. The van der Waals surface area contributed by atoms with Crippen molar-refractivity contribution in [2.45, 2.75) is 32.2 Å². The number of carbonyl (C=O) groups excluding carboxylic acids is 2. The Balaban J connectivity index is 1.39. The van der Waals surface area contributed by atoms with Gasteiger partial charge in [0.1, 0.15) is 5.82 Å². The molecule has 2 aliphatic rings. The summed E-state index contributed by atoms with van der Waals surface area (Å²) in [5, 5.41) is 4.19. The molecule has 1 saturated heterocycles. The summed E-state index contributed by atoms with van der Waals surface area (Å²) >= 11 is 0. The standard InChI is InChI=1S/C22H28N4O2/c1-25(2)20-13-17(18-5-3-4-6-19(18)24-20)14-23-21(27)15-9-11-26(12-10-15)22(28)16-7-8-16/h3-6,13,15-16H,7-12,14H2,1-2H3,(H,23,27). The number of hydrogen-bond acceptors (Lipinski definition) is 4. The zero-order chi connectivity index (χ0) is 19.7. The van der Waals surface area contributed by atoms with Crippen molar-refractivity contribution < 1.29 is 9.59 Å². The summed E-state index contributed by atoms with van der Waals surface area (Å²) in [6.45, 7) is 1.90. The van der Waals surface area contributed by atoms with Crippen molar-refractivity contribution >= 4 is 28.5 Å². The fourth-order valence-corrected chi connectivity index (χ4v) is 3.88. The number of rotatable bonds is 5. The van der Waals surface area contributed by atoms with Crippen molar-refractivity contribution in [2.75, 3.05) is 32.1 Å². The van der Waals surface area contributed by atoms with E-state index in [1.165, 1.54) is 0 Å². The van der Waals surface area contributed by atoms with Gasteiger partial charge in [0.2, 0.25) is 11.8 Å². The van der Waals surface area contributed by atoms with Gasteiger partial charge in [0.05, 0.1) is 5.52 Å². The van der Waals surface area contributed by atoms with E-state index in [0.29, 0.717) is 25.5 Å². The van der Waals surface area contributed by atoms with Gasteiger partial charge in [-0.05, 0) is 43.4 Å². The van der Waals surface area contributed by atoms with Crippen LogP contribution in [-0.4, -0.2) is 48.9 Å². The number of aromatic nitrogens is 1. The lowest BCUT2D eigenvalue weighted by atomic mass is 9.95. The number of carbonyl (C=O) groups is 2. The third-order valence-electron chi connectivity index (χ3n) is 5.80. The normalized spacial score (nSPS) is 17.6. The third-order valence-corrected chi connectivity index (χ3v) is 5.80. The van der Waals surface area contributed by atoms with Gasteiger partial charge in [0.15, 0.2) is 0 Å². The van der Waals surface area contributed by atoms with Gasteiger partial charge in [0, 0.05) is 51.0 Å². The van der Waals surface area contributed by atoms with Gasteiger partial charge in [-0.3, -0.25) is 9.59 Å². The van der Waals surface area contributed by atoms with E-state index >= 15 is 0 Å². The highest BCUT2D eigenvalue weighted by atomic mass is 16.2. The van der Waals surface area contributed by atoms with E-state index in [4.69, 9.17) is 0 Å². The number of para-hydroxylation sites is 1. The maximum atomic E-state index is 12.7. The average Bonchev–Trinajstić information content (AvgIpc) is 3.56. The number of pyridine rings is 1. The first-order valence-corrected chi connectivity index (χ1v) is 10.2. The largest absolute Gasteiger partial charge is 0.363 e. The topological polar surface area (TPSA) is 65.5 Å². The zero-order valence-electron chi connectivity index (χ0n) is 16.6. The van der Waals surface area contributed by atoms with Gasteiger partial charge < -0.3 is 15.1 Å². The Morgan fingerprint density at radius 3 is 2.50 bits per heavy atom. The fourth-order valence-electron chi connectivity index (χ4n) is 3.88. The van der Waals surface area contributed by atoms with Gasteiger partial charge in [-0.1, -0.05) is 18.2 Å². The van der Waals surface area contributed by atoms with E-state index in [0.717, 1.165) is 48.0 Å². The smallest absolute Gasteiger partial charge is 0.225 e. The summed E-state index contributed by atoms with van der Waals surface area (Å²) in [7, 11) is 3.94. The van der Waals surface area contributed by atoms with Crippen LogP contribution in [0.5, 0.6) is 0 Å². The van der Waals surface area contributed by atoms with Crippen LogP contribution >= 0.6 is 0 Å². The molecule has 4 rings (SSSR count). The molecule has 0 bridgehead atoms. The highest BCUT2D eigenvalue weighted by Gasteiger charge is 2.35. The number of anilines is 1. The summed E-state index contributed by atoms with van der Waals surface area (Å²) in [6.07, 6.45) is 3.58. The second-order valence-electron chi connectivity index (χ2n) is 8.14. The molecule has 148 valence electrons. The molecule has 1 aromatic carbocycles. The zero-order valence-corrected chi connectivity index (χ0v) is 16.6. The minimum Gasteiger partial charge on any atom is -0.363 e. The minimum absolute atomic E-state index is 0.00956. The molecule has 1 aromatic heterocycles. The molecule has 6 nitrogen and oxygen atoms in total. The van der Waals surface area contributed by atoms with Gasteiger partial charge >= 0.3 is 0 Å². The summed E-state index contributed by atoms with van der Waals surface area (Å²) in [4.78, 5) is 33.5. The first-order valence-electron chi connectivity index (χ1n) is 10.2. The van der Waals surface area contributed by atoms with Gasteiger partial charge in [0.25, 0.3) is 0 Å². The van der Waals surface area contributed by atoms with Crippen molar-refractivity contribution in [3.8, 4) is 0 Å². The number of likely N-dealkylation sites (tertiary alicyclic amines) is 1. The monoisotopic (exact) mass is 380 g/mol. The van der Waals surface area contributed by atoms with Gasteiger partial charge in [-0.15, -0.1) is 0 Å². The number of piperidine rings is 1. The van der Waals surface area contributed by atoms with E-state index in [-0.39, 0.29) is 17.7 Å². The average molecular weight is 380 g/mol. The summed E-state index contributed by atoms with van der Waals surface area (Å²) in [5.41, 5.74) is 2.01. The molecule has 1 aliphatic carbocycles. The Morgan fingerprint density at radius 1 is 1.11 bits per heavy atom. The first kappa shape index (κ1) is 18.7. The predicted molar refractivity (Wildman–Crippen MR) is 110 cm³/mol. The second-order valence-corrected chi connectivity index (χ2v) is 8.14. The molecule has 2 amide bonds. The number of fused-ring (bicyclic) bond motifs is 1. The minimum atomic E-state index is -0.00956. The Kier molecular flexibility index (Phi) is 5.20. The highest BCUT2D eigenvalue weighted by molar-refractivity contribution is 5.85. The predicted octanol–water partition coefficient (Wildman–Crippen LogP) is 2.57. The van der Waals surface area contributed by atoms with Crippen molar-refractivity contribution in [1.82, 2.24) is 15.2 Å². The maximum absolute atomic E-state index is 12.7. The van der Waals surface area contributed by atoms with Crippen LogP contribution in [0.4, 0.5) is 5.82 Å². The molecular formula is C22H28N4O2. The Hall–Kier alpha value is -2.63. The lowest BCUT2D eigenvalue weighted by Crippen LogP contribution is -2.43. The van der Waals surface area contributed by atoms with Crippen LogP contribution in [0.1, 0.15) is 31.2 Å². The van der Waals surface area contributed by atoms with Gasteiger partial charge in [-0.25, -0.2) is 4.98 Å². The highest BCUT2D eigenvalue weighted by Crippen LogP contribution is 2.32. The first-order chi connectivity index (χ1) is 13.5. The molecule has 0 unspecified atom stereocenters. The molecule has 0 atom stereocenters. The lowest BCUT2D eigenvalue weighted by Gasteiger charge is -2.31. The molecule has 28 heavy (non-hydrogen) atoms. The van der Waals surface area contributed by atoms with E-state index in [1.54, 1.807) is 0 Å². The second kappa shape index (κ2) is 7.78. The molecule has 6 heteroatoms. The van der Waals surface area contributed by atoms with Crippen LogP contribution in [0.3, 0.4) is 0 Å². The SMILES string of the molecule is CN(C)c1cc(CNC(=O)C2CCN(C(=O)C3CC3)CC2)c2ccccc2n1. The maximum Gasteiger partial charge on any atom is 0.225 e. The summed E-state index contributed by atoms with van der Waals surface area (Å²) < 4.78 is 0. The number of benzene rings is 1. The molecule has 2 heterocycles. The lowest BCUT2D eigenvalue weighted by molar-refractivity contribution is -0.136. The molecule has 1 saturated carbocycles. The van der Waals surface area contributed by atoms with Crippen LogP contribution < -0.4 is 10.2 Å². The van der Waals surface area contributed by atoms with Crippen molar-refractivity contribution in [2.24, 2.45) is 11.8 Å². The summed E-state index contributed by atoms with van der Waals surface area (Å²) in [5.74, 6) is 1.51. The molecule has 1 aliphatic heterocycles. The number of amides is 2. The number of nitrogens with zero attached hydrogens (tertiary/aromatic N) is 3. The Labute approximate surface area is 165 Å². The summed E-state index contributed by atoms with van der Waals surface area (Å²) in [6, 6.07) is 10.1. The van der Waals surface area contributed by atoms with Crippen LogP contribution in [0, 0.1) is 11.8 Å². The van der Waals surface area contributed by atoms with Crippen molar-refractivity contribution in [3.63, 3.8) is 0 Å². The van der Waals surface area contributed by atoms with E-state index < -0.39 is 0 Å². The molecule has 0 spiro atoms. The fraction of sp³-hybridized carbons (Fsp3) is 0.500. The van der Waals surface area contributed by atoms with E-state index in [1.807, 2.05) is 54.2 Å². The van der Waals surface area contributed by atoms with Crippen LogP contribution in [0.2, 0.25) is 0 Å². The van der Waals surface area contributed by atoms with Crippen LogP contribution in [0.25, 0.3) is 10.9 Å². The quantitative estimate of drug-likeness (QED) is 0.866. The Morgan fingerprint density at radius 2 is 1.82 bits per heavy atom. The number of nitrogens with one attached hydrogen (secondary N) is 1. The molecular weight excluding hydrogens is 352 g/mol. The molecule has 1 N–H and O–H groups in total. The van der Waals surface area contributed by atoms with E-state index in [2.05, 4.69) is 10.3 Å². The number of hydrogen-bond donors (Lipinski definition) is 1. The van der Waals surface area contributed by atoms with Crippen molar-refractivity contribution in [1.29, 1.82) is 0 Å².